The zero-order chi connectivity index (χ0) is 22.5. The first-order valence-electron chi connectivity index (χ1n) is 9.81. The zero-order valence-corrected chi connectivity index (χ0v) is 17.6. The van der Waals surface area contributed by atoms with Crippen LogP contribution in [0.2, 0.25) is 0 Å². The predicted molar refractivity (Wildman–Crippen MR) is 114 cm³/mol. The number of nitrogens with one attached hydrogen (secondary N) is 1. The third-order valence-electron chi connectivity index (χ3n) is 5.19. The van der Waals surface area contributed by atoms with E-state index in [-0.39, 0.29) is 18.9 Å². The number of aryl methyl sites for hydroxylation is 2. The minimum absolute atomic E-state index is 0.00361. The van der Waals surface area contributed by atoms with Gasteiger partial charge in [0.05, 0.1) is 18.6 Å². The van der Waals surface area contributed by atoms with Crippen molar-refractivity contribution in [3.05, 3.63) is 59.2 Å². The van der Waals surface area contributed by atoms with Gasteiger partial charge in [0.15, 0.2) is 6.61 Å². The van der Waals surface area contributed by atoms with Gasteiger partial charge in [0, 0.05) is 24.3 Å². The lowest BCUT2D eigenvalue weighted by atomic mass is 10.1. The Labute approximate surface area is 180 Å². The van der Waals surface area contributed by atoms with Gasteiger partial charge >= 0.3 is 11.9 Å². The number of carbonyl (C=O) groups excluding carboxylic acids is 4. The molecule has 0 aliphatic carbocycles. The largest absolute Gasteiger partial charge is 0.465 e. The highest BCUT2D eigenvalue weighted by molar-refractivity contribution is 6.00. The molecular formula is C23H24N2O6. The molecule has 8 nitrogen and oxygen atoms in total. The number of benzene rings is 2. The summed E-state index contributed by atoms with van der Waals surface area (Å²) in [7, 11) is 1.29. The molecular weight excluding hydrogens is 400 g/mol. The number of rotatable bonds is 6. The Morgan fingerprint density at radius 2 is 1.77 bits per heavy atom. The molecule has 1 heterocycles. The average molecular weight is 424 g/mol. The Morgan fingerprint density at radius 1 is 1.06 bits per heavy atom. The van der Waals surface area contributed by atoms with Gasteiger partial charge in [-0.05, 0) is 61.4 Å². The van der Waals surface area contributed by atoms with Crippen molar-refractivity contribution in [1.82, 2.24) is 0 Å². The van der Waals surface area contributed by atoms with Gasteiger partial charge < -0.3 is 19.7 Å². The molecule has 0 bridgehead atoms. The fourth-order valence-corrected chi connectivity index (χ4v) is 3.28. The van der Waals surface area contributed by atoms with Gasteiger partial charge in [-0.25, -0.2) is 4.79 Å². The summed E-state index contributed by atoms with van der Waals surface area (Å²) in [5.74, 6) is -2.41. The molecule has 1 saturated heterocycles. The molecule has 162 valence electrons. The van der Waals surface area contributed by atoms with Gasteiger partial charge in [-0.15, -0.1) is 0 Å². The van der Waals surface area contributed by atoms with Crippen LogP contribution >= 0.6 is 0 Å². The van der Waals surface area contributed by atoms with E-state index in [0.29, 0.717) is 16.9 Å². The fourth-order valence-electron chi connectivity index (χ4n) is 3.28. The van der Waals surface area contributed by atoms with Gasteiger partial charge in [0.1, 0.15) is 0 Å². The van der Waals surface area contributed by atoms with Gasteiger partial charge in [-0.3, -0.25) is 14.4 Å². The Kier molecular flexibility index (Phi) is 6.69. The van der Waals surface area contributed by atoms with E-state index in [2.05, 4.69) is 10.1 Å². The lowest BCUT2D eigenvalue weighted by Crippen LogP contribution is -2.28. The van der Waals surface area contributed by atoms with Crippen molar-refractivity contribution in [2.75, 3.05) is 30.5 Å². The van der Waals surface area contributed by atoms with E-state index in [1.807, 2.05) is 26.0 Å². The maximum atomic E-state index is 12.4. The molecule has 8 heteroatoms. The topological polar surface area (TPSA) is 102 Å². The molecule has 1 aliphatic rings. The molecule has 1 atom stereocenters. The summed E-state index contributed by atoms with van der Waals surface area (Å²) < 4.78 is 9.77. The molecule has 1 fully saturated rings. The van der Waals surface area contributed by atoms with Crippen LogP contribution in [0.25, 0.3) is 0 Å². The molecule has 0 unspecified atom stereocenters. The van der Waals surface area contributed by atoms with E-state index in [4.69, 9.17) is 4.74 Å². The quantitative estimate of drug-likeness (QED) is 0.716. The Hall–Kier alpha value is -3.68. The second kappa shape index (κ2) is 9.42. The minimum atomic E-state index is -0.665. The molecule has 3 rings (SSSR count). The number of methoxy groups -OCH3 is 1. The monoisotopic (exact) mass is 424 g/mol. The van der Waals surface area contributed by atoms with Crippen molar-refractivity contribution < 1.29 is 28.7 Å². The summed E-state index contributed by atoms with van der Waals surface area (Å²) in [6.45, 7) is 3.64. The van der Waals surface area contributed by atoms with E-state index in [1.165, 1.54) is 12.0 Å². The van der Waals surface area contributed by atoms with Crippen molar-refractivity contribution in [3.63, 3.8) is 0 Å². The number of hydrogen-bond acceptors (Lipinski definition) is 6. The van der Waals surface area contributed by atoms with Crippen LogP contribution in [0.5, 0.6) is 0 Å². The highest BCUT2D eigenvalue weighted by Gasteiger charge is 2.36. The average Bonchev–Trinajstić information content (AvgIpc) is 3.16. The molecule has 2 aromatic rings. The first-order valence-corrected chi connectivity index (χ1v) is 9.81. The minimum Gasteiger partial charge on any atom is -0.465 e. The lowest BCUT2D eigenvalue weighted by Gasteiger charge is -2.16. The maximum Gasteiger partial charge on any atom is 0.337 e. The van der Waals surface area contributed by atoms with E-state index < -0.39 is 30.4 Å². The number of anilines is 2. The van der Waals surface area contributed by atoms with Crippen molar-refractivity contribution >= 4 is 35.1 Å². The van der Waals surface area contributed by atoms with Crippen LogP contribution in [0.15, 0.2) is 42.5 Å². The molecule has 31 heavy (non-hydrogen) atoms. The summed E-state index contributed by atoms with van der Waals surface area (Å²) in [5, 5.41) is 2.69. The van der Waals surface area contributed by atoms with Crippen LogP contribution in [-0.4, -0.2) is 44.0 Å². The first-order chi connectivity index (χ1) is 14.8. The zero-order valence-electron chi connectivity index (χ0n) is 17.6. The third-order valence-corrected chi connectivity index (χ3v) is 5.19. The molecule has 1 N–H and O–H groups in total. The second-order valence-corrected chi connectivity index (χ2v) is 7.40. The number of amides is 2. The molecule has 0 aromatic heterocycles. The normalized spacial score (nSPS) is 15.5. The van der Waals surface area contributed by atoms with E-state index in [0.717, 1.165) is 11.1 Å². The summed E-state index contributed by atoms with van der Waals surface area (Å²) in [6, 6.07) is 11.9. The van der Waals surface area contributed by atoms with Crippen LogP contribution in [-0.2, 0) is 23.9 Å². The van der Waals surface area contributed by atoms with Crippen molar-refractivity contribution in [3.8, 4) is 0 Å². The maximum absolute atomic E-state index is 12.4. The number of hydrogen-bond donors (Lipinski definition) is 1. The number of ether oxygens (including phenoxy) is 2. The van der Waals surface area contributed by atoms with Gasteiger partial charge in [-0.2, -0.15) is 0 Å². The molecule has 0 radical (unpaired) electrons. The number of nitrogens with zero attached hydrogens (tertiary/aromatic N) is 1. The molecule has 2 amide bonds. The predicted octanol–water partition coefficient (Wildman–Crippen LogP) is 2.62. The van der Waals surface area contributed by atoms with Gasteiger partial charge in [0.25, 0.3) is 5.91 Å². The SMILES string of the molecule is COC(=O)c1ccc(N2C[C@H](C(=O)OCC(=O)Nc3ccc(C)c(C)c3)CC2=O)cc1. The van der Waals surface area contributed by atoms with Gasteiger partial charge in [-0.1, -0.05) is 6.07 Å². The van der Waals surface area contributed by atoms with Gasteiger partial charge in [0.2, 0.25) is 5.91 Å². The van der Waals surface area contributed by atoms with E-state index in [9.17, 15) is 19.2 Å². The standard InChI is InChI=1S/C23H24N2O6/c1-14-4-7-18(10-15(14)2)24-20(26)13-31-23(29)17-11-21(27)25(12-17)19-8-5-16(6-9-19)22(28)30-3/h4-10,17H,11-13H2,1-3H3,(H,24,26)/t17-/m1/s1. The van der Waals surface area contributed by atoms with Crippen molar-refractivity contribution in [2.24, 2.45) is 5.92 Å². The van der Waals surface area contributed by atoms with Crippen LogP contribution < -0.4 is 10.2 Å². The Bertz CT molecular complexity index is 1020. The summed E-state index contributed by atoms with van der Waals surface area (Å²) in [6.07, 6.45) is -0.00361. The first kappa shape index (κ1) is 22.0. The number of esters is 2. The van der Waals surface area contributed by atoms with E-state index >= 15 is 0 Å². The smallest absolute Gasteiger partial charge is 0.337 e. The molecule has 2 aromatic carbocycles. The molecule has 1 aliphatic heterocycles. The van der Waals surface area contributed by atoms with Crippen LogP contribution in [0.4, 0.5) is 11.4 Å². The van der Waals surface area contributed by atoms with E-state index in [1.54, 1.807) is 30.3 Å². The highest BCUT2D eigenvalue weighted by Crippen LogP contribution is 2.26. The Balaban J connectivity index is 1.53. The number of carbonyl (C=O) groups is 4. The lowest BCUT2D eigenvalue weighted by molar-refractivity contribution is -0.151. The summed E-state index contributed by atoms with van der Waals surface area (Å²) >= 11 is 0. The summed E-state index contributed by atoms with van der Waals surface area (Å²) in [5.41, 5.74) is 3.71. The van der Waals surface area contributed by atoms with Crippen LogP contribution in [0.3, 0.4) is 0 Å². The molecule has 0 saturated carbocycles. The van der Waals surface area contributed by atoms with Crippen molar-refractivity contribution in [1.29, 1.82) is 0 Å². The van der Waals surface area contributed by atoms with Crippen LogP contribution in [0, 0.1) is 19.8 Å². The third kappa shape index (κ3) is 5.28. The summed E-state index contributed by atoms with van der Waals surface area (Å²) in [4.78, 5) is 49.8. The Morgan fingerprint density at radius 3 is 2.42 bits per heavy atom. The van der Waals surface area contributed by atoms with Crippen LogP contribution in [0.1, 0.15) is 27.9 Å². The van der Waals surface area contributed by atoms with Crippen molar-refractivity contribution in [2.45, 2.75) is 20.3 Å². The second-order valence-electron chi connectivity index (χ2n) is 7.40. The molecule has 0 spiro atoms. The highest BCUT2D eigenvalue weighted by atomic mass is 16.5. The fraction of sp³-hybridized carbons (Fsp3) is 0.304.